The van der Waals surface area contributed by atoms with E-state index in [0.29, 0.717) is 12.5 Å². The van der Waals surface area contributed by atoms with Gasteiger partial charge in [0.1, 0.15) is 4.88 Å². The Labute approximate surface area is 176 Å². The second kappa shape index (κ2) is 8.93. The van der Waals surface area contributed by atoms with Crippen LogP contribution in [0.5, 0.6) is 0 Å². The predicted molar refractivity (Wildman–Crippen MR) is 113 cm³/mol. The minimum absolute atomic E-state index is 0.0206. The van der Waals surface area contributed by atoms with Gasteiger partial charge in [-0.15, -0.1) is 11.3 Å². The number of thiazole rings is 1. The van der Waals surface area contributed by atoms with Crippen LogP contribution >= 0.6 is 11.3 Å². The van der Waals surface area contributed by atoms with Gasteiger partial charge in [0.2, 0.25) is 0 Å². The van der Waals surface area contributed by atoms with E-state index in [9.17, 15) is 4.79 Å². The summed E-state index contributed by atoms with van der Waals surface area (Å²) in [5.74, 6) is 0.558. The van der Waals surface area contributed by atoms with E-state index >= 15 is 0 Å². The zero-order valence-corrected chi connectivity index (χ0v) is 18.5. The molecule has 2 aliphatic heterocycles. The maximum absolute atomic E-state index is 12.4. The minimum Gasteiger partial charge on any atom is -0.376 e. The Balaban J connectivity index is 1.27. The number of nitrogens with zero attached hydrogens (tertiary/aromatic N) is 4. The number of hydrogen-bond donors (Lipinski definition) is 1. The number of likely N-dealkylation sites (tertiary alicyclic amines) is 1. The van der Waals surface area contributed by atoms with Gasteiger partial charge in [0.15, 0.2) is 0 Å². The normalized spacial score (nSPS) is 18.0. The summed E-state index contributed by atoms with van der Waals surface area (Å²) in [5.41, 5.74) is 4.69. The van der Waals surface area contributed by atoms with E-state index in [1.54, 1.807) is 0 Å². The Morgan fingerprint density at radius 3 is 2.79 bits per heavy atom. The van der Waals surface area contributed by atoms with E-state index in [0.717, 1.165) is 74.2 Å². The van der Waals surface area contributed by atoms with Gasteiger partial charge in [-0.3, -0.25) is 14.4 Å². The molecule has 1 saturated heterocycles. The molecule has 0 unspecified atom stereocenters. The zero-order chi connectivity index (χ0) is 20.4. The van der Waals surface area contributed by atoms with Crippen LogP contribution in [0.2, 0.25) is 0 Å². The smallest absolute Gasteiger partial charge is 0.263 e. The van der Waals surface area contributed by atoms with Crippen LogP contribution in [0.4, 0.5) is 0 Å². The van der Waals surface area contributed by atoms with Gasteiger partial charge in [-0.25, -0.2) is 4.98 Å². The second-order valence-corrected chi connectivity index (χ2v) is 9.27. The SMILES string of the molecule is CCn1nc(CN2CCC(CNC(=O)c3sc(C)nc3C)CC2)c2c1CCOC2. The van der Waals surface area contributed by atoms with Crippen LogP contribution in [0.25, 0.3) is 0 Å². The van der Waals surface area contributed by atoms with Crippen molar-refractivity contribution in [1.82, 2.24) is 25.0 Å². The number of aryl methyl sites for hydroxylation is 3. The molecule has 29 heavy (non-hydrogen) atoms. The molecule has 8 heteroatoms. The first-order chi connectivity index (χ1) is 14.0. The lowest BCUT2D eigenvalue weighted by Gasteiger charge is -2.31. The summed E-state index contributed by atoms with van der Waals surface area (Å²) in [6.45, 7) is 12.2. The molecule has 158 valence electrons. The van der Waals surface area contributed by atoms with Gasteiger partial charge < -0.3 is 10.1 Å². The third-order valence-corrected chi connectivity index (χ3v) is 7.09. The van der Waals surface area contributed by atoms with E-state index in [2.05, 4.69) is 26.8 Å². The maximum Gasteiger partial charge on any atom is 0.263 e. The first-order valence-corrected chi connectivity index (χ1v) is 11.5. The third-order valence-electron chi connectivity index (χ3n) is 6.02. The van der Waals surface area contributed by atoms with Gasteiger partial charge in [-0.2, -0.15) is 5.10 Å². The Bertz CT molecular complexity index is 867. The first-order valence-electron chi connectivity index (χ1n) is 10.6. The van der Waals surface area contributed by atoms with Gasteiger partial charge in [-0.05, 0) is 52.6 Å². The lowest BCUT2D eigenvalue weighted by molar-refractivity contribution is 0.0937. The molecular formula is C21H31N5O2S. The number of piperidine rings is 1. The average molecular weight is 418 g/mol. The van der Waals surface area contributed by atoms with Gasteiger partial charge in [0, 0.05) is 37.3 Å². The second-order valence-electron chi connectivity index (χ2n) is 8.07. The summed E-state index contributed by atoms with van der Waals surface area (Å²) in [5, 5.41) is 8.92. The maximum atomic E-state index is 12.4. The Kier molecular flexibility index (Phi) is 6.32. The van der Waals surface area contributed by atoms with E-state index in [-0.39, 0.29) is 5.91 Å². The highest BCUT2D eigenvalue weighted by Crippen LogP contribution is 2.25. The Morgan fingerprint density at radius 1 is 1.31 bits per heavy atom. The summed E-state index contributed by atoms with van der Waals surface area (Å²) in [6, 6.07) is 0. The largest absolute Gasteiger partial charge is 0.376 e. The van der Waals surface area contributed by atoms with Gasteiger partial charge in [-0.1, -0.05) is 0 Å². The van der Waals surface area contributed by atoms with E-state index in [1.807, 2.05) is 13.8 Å². The number of carbonyl (C=O) groups excluding carboxylic acids is 1. The van der Waals surface area contributed by atoms with Crippen molar-refractivity contribution >= 4 is 17.2 Å². The van der Waals surface area contributed by atoms with Crippen molar-refractivity contribution in [3.63, 3.8) is 0 Å². The van der Waals surface area contributed by atoms with Gasteiger partial charge >= 0.3 is 0 Å². The highest BCUT2D eigenvalue weighted by Gasteiger charge is 2.25. The molecule has 1 fully saturated rings. The number of hydrogen-bond acceptors (Lipinski definition) is 6. The van der Waals surface area contributed by atoms with E-state index in [1.165, 1.54) is 28.3 Å². The predicted octanol–water partition coefficient (Wildman–Crippen LogP) is 2.69. The standard InChI is InChI=1S/C21H31N5O2S/c1-4-26-19-7-10-28-13-17(19)18(24-26)12-25-8-5-16(6-9-25)11-22-21(27)20-14(2)23-15(3)29-20/h16H,4-13H2,1-3H3,(H,22,27). The molecule has 1 amide bonds. The van der Waals surface area contributed by atoms with Crippen molar-refractivity contribution in [2.24, 2.45) is 5.92 Å². The van der Waals surface area contributed by atoms with E-state index < -0.39 is 0 Å². The molecule has 7 nitrogen and oxygen atoms in total. The number of ether oxygens (including phenoxy) is 1. The molecule has 4 heterocycles. The van der Waals surface area contributed by atoms with Crippen molar-refractivity contribution in [1.29, 1.82) is 0 Å². The number of aromatic nitrogens is 3. The number of amides is 1. The molecule has 2 aromatic rings. The molecule has 0 atom stereocenters. The van der Waals surface area contributed by atoms with Crippen molar-refractivity contribution < 1.29 is 9.53 Å². The summed E-state index contributed by atoms with van der Waals surface area (Å²) < 4.78 is 7.84. The van der Waals surface area contributed by atoms with Crippen LogP contribution in [0.1, 0.15) is 57.1 Å². The van der Waals surface area contributed by atoms with E-state index in [4.69, 9.17) is 9.84 Å². The third kappa shape index (κ3) is 4.54. The van der Waals surface area contributed by atoms with Crippen LogP contribution in [-0.2, 0) is 30.9 Å². The molecular weight excluding hydrogens is 386 g/mol. The van der Waals surface area contributed by atoms with Crippen molar-refractivity contribution in [2.45, 2.75) is 59.7 Å². The molecule has 0 spiro atoms. The lowest BCUT2D eigenvalue weighted by atomic mass is 9.96. The highest BCUT2D eigenvalue weighted by molar-refractivity contribution is 7.13. The molecule has 0 saturated carbocycles. The average Bonchev–Trinajstić information content (AvgIpc) is 3.26. The molecule has 2 aromatic heterocycles. The minimum atomic E-state index is 0.0206. The highest BCUT2D eigenvalue weighted by atomic mass is 32.1. The molecule has 0 radical (unpaired) electrons. The fraction of sp³-hybridized carbons (Fsp3) is 0.667. The van der Waals surface area contributed by atoms with Gasteiger partial charge in [0.25, 0.3) is 5.91 Å². The monoisotopic (exact) mass is 417 g/mol. The van der Waals surface area contributed by atoms with Gasteiger partial charge in [0.05, 0.1) is 29.6 Å². The number of carbonyl (C=O) groups is 1. The summed E-state index contributed by atoms with van der Waals surface area (Å²) in [7, 11) is 0. The van der Waals surface area contributed by atoms with Crippen molar-refractivity contribution in [3.8, 4) is 0 Å². The Hall–Kier alpha value is -1.77. The molecule has 0 bridgehead atoms. The van der Waals surface area contributed by atoms with Crippen molar-refractivity contribution in [2.75, 3.05) is 26.2 Å². The van der Waals surface area contributed by atoms with Crippen LogP contribution in [0.3, 0.4) is 0 Å². The Morgan fingerprint density at radius 2 is 2.10 bits per heavy atom. The first kappa shape index (κ1) is 20.5. The molecule has 2 aliphatic rings. The fourth-order valence-electron chi connectivity index (χ4n) is 4.39. The molecule has 0 aromatic carbocycles. The number of rotatable bonds is 6. The topological polar surface area (TPSA) is 72.3 Å². The van der Waals surface area contributed by atoms with Crippen LogP contribution in [-0.4, -0.2) is 51.8 Å². The molecule has 0 aliphatic carbocycles. The number of fused-ring (bicyclic) bond motifs is 1. The summed E-state index contributed by atoms with van der Waals surface area (Å²) in [4.78, 5) is 20.0. The van der Waals surface area contributed by atoms with Crippen LogP contribution < -0.4 is 5.32 Å². The quantitative estimate of drug-likeness (QED) is 0.782. The molecule has 4 rings (SSSR count). The van der Waals surface area contributed by atoms with Crippen LogP contribution in [0, 0.1) is 19.8 Å². The zero-order valence-electron chi connectivity index (χ0n) is 17.7. The molecule has 1 N–H and O–H groups in total. The summed E-state index contributed by atoms with van der Waals surface area (Å²) >= 11 is 1.48. The van der Waals surface area contributed by atoms with Crippen LogP contribution in [0.15, 0.2) is 0 Å². The fourth-order valence-corrected chi connectivity index (χ4v) is 5.22. The number of nitrogens with one attached hydrogen (secondary N) is 1. The lowest BCUT2D eigenvalue weighted by Crippen LogP contribution is -2.38. The van der Waals surface area contributed by atoms with Crippen molar-refractivity contribution in [3.05, 3.63) is 32.5 Å². The summed E-state index contributed by atoms with van der Waals surface area (Å²) in [6.07, 6.45) is 3.18.